The van der Waals surface area contributed by atoms with Crippen molar-refractivity contribution in [2.24, 2.45) is 0 Å². The normalized spacial score (nSPS) is 10.4. The molecule has 0 saturated carbocycles. The van der Waals surface area contributed by atoms with Gasteiger partial charge in [-0.2, -0.15) is 0 Å². The molecular formula is C56H39BBrCl2N4O2. The lowest BCUT2D eigenvalue weighted by Crippen LogP contribution is -1.98. The SMILES string of the molecule is Brc1cccc(-c2nc(-c3ccccc3)cc(-c3ccccc3)n2)c1.Clc1cccc(-c2cccc(-c3nc(-c4ccccc4)cc(-c4ccccc4)n3)c2)c1.O[B]Oc1cccc(Cl)c1. The second kappa shape index (κ2) is 22.6. The smallest absolute Gasteiger partial charge is 0.537 e. The monoisotopic (exact) mass is 959 g/mol. The fraction of sp³-hybridized carbons (Fsp3) is 0. The van der Waals surface area contributed by atoms with E-state index in [1.165, 1.54) is 0 Å². The number of rotatable bonds is 9. The van der Waals surface area contributed by atoms with Crippen LogP contribution in [0.15, 0.2) is 235 Å². The van der Waals surface area contributed by atoms with Crippen LogP contribution in [-0.2, 0) is 0 Å². The minimum atomic E-state index is 0.523. The molecule has 0 aliphatic carbocycles. The molecule has 10 aromatic rings. The molecule has 319 valence electrons. The Morgan fingerprint density at radius 1 is 0.348 bits per heavy atom. The molecule has 66 heavy (non-hydrogen) atoms. The molecule has 2 heterocycles. The van der Waals surface area contributed by atoms with E-state index in [0.717, 1.165) is 82.6 Å². The van der Waals surface area contributed by atoms with Crippen LogP contribution in [0.1, 0.15) is 0 Å². The van der Waals surface area contributed by atoms with Crippen molar-refractivity contribution < 1.29 is 9.68 Å². The van der Waals surface area contributed by atoms with E-state index in [9.17, 15) is 0 Å². The number of nitrogens with zero attached hydrogens (tertiary/aromatic N) is 4. The first kappa shape index (κ1) is 45.4. The number of halogens is 3. The summed E-state index contributed by atoms with van der Waals surface area (Å²) in [5.41, 5.74) is 12.0. The fourth-order valence-corrected chi connectivity index (χ4v) is 7.68. The first-order valence-electron chi connectivity index (χ1n) is 20.9. The molecule has 0 spiro atoms. The Kier molecular flexibility index (Phi) is 15.6. The van der Waals surface area contributed by atoms with E-state index in [0.29, 0.717) is 24.3 Å². The van der Waals surface area contributed by atoms with Crippen LogP contribution < -0.4 is 4.65 Å². The first-order valence-corrected chi connectivity index (χ1v) is 22.4. The maximum Gasteiger partial charge on any atom is 0.569 e. The van der Waals surface area contributed by atoms with Crippen molar-refractivity contribution >= 4 is 46.8 Å². The zero-order valence-corrected chi connectivity index (χ0v) is 38.4. The van der Waals surface area contributed by atoms with Crippen molar-refractivity contribution in [2.45, 2.75) is 0 Å². The summed E-state index contributed by atoms with van der Waals surface area (Å²) < 4.78 is 5.65. The van der Waals surface area contributed by atoms with Gasteiger partial charge in [-0.05, 0) is 71.8 Å². The summed E-state index contributed by atoms with van der Waals surface area (Å²) in [6.07, 6.45) is 0. The second-order valence-electron chi connectivity index (χ2n) is 14.7. The molecular weight excluding hydrogens is 922 g/mol. The lowest BCUT2D eigenvalue weighted by molar-refractivity contribution is 0.454. The van der Waals surface area contributed by atoms with Crippen LogP contribution in [0.5, 0.6) is 5.75 Å². The van der Waals surface area contributed by atoms with Gasteiger partial charge in [0.25, 0.3) is 0 Å². The van der Waals surface area contributed by atoms with E-state index in [-0.39, 0.29) is 0 Å². The Bertz CT molecular complexity index is 3040. The van der Waals surface area contributed by atoms with Crippen LogP contribution in [0, 0.1) is 0 Å². The van der Waals surface area contributed by atoms with Crippen molar-refractivity contribution in [3.63, 3.8) is 0 Å². The minimum Gasteiger partial charge on any atom is -0.537 e. The van der Waals surface area contributed by atoms with Gasteiger partial charge in [-0.15, -0.1) is 0 Å². The molecule has 10 heteroatoms. The number of hydrogen-bond acceptors (Lipinski definition) is 6. The standard InChI is InChI=1S/C28H19ClN2.C22H15BrN2.C6H5BClO2/c29-25-16-8-14-23(18-25)22-13-7-15-24(17-22)28-30-26(20-9-3-1-4-10-20)19-27(31-28)21-11-5-2-6-12-21;23-19-13-7-12-18(14-19)22-24-20(16-8-3-1-4-9-16)15-21(25-22)17-10-5-2-6-11-17;8-5-2-1-3-6(4-5)10-7-9/h1-19H;1-15H;1-4,9H. The maximum atomic E-state index is 8.22. The summed E-state index contributed by atoms with van der Waals surface area (Å²) in [6.45, 7) is 0. The van der Waals surface area contributed by atoms with Gasteiger partial charge in [0.05, 0.1) is 22.8 Å². The fourth-order valence-electron chi connectivity index (χ4n) is 6.91. The van der Waals surface area contributed by atoms with Crippen LogP contribution in [0.4, 0.5) is 0 Å². The molecule has 0 amide bonds. The average Bonchev–Trinajstić information content (AvgIpc) is 3.38. The third kappa shape index (κ3) is 12.3. The predicted molar refractivity (Wildman–Crippen MR) is 275 cm³/mol. The van der Waals surface area contributed by atoms with E-state index in [1.807, 2.05) is 133 Å². The first-order chi connectivity index (χ1) is 32.4. The van der Waals surface area contributed by atoms with Crippen LogP contribution in [0.2, 0.25) is 10.0 Å². The highest BCUT2D eigenvalue weighted by molar-refractivity contribution is 9.10. The van der Waals surface area contributed by atoms with E-state index < -0.39 is 0 Å². The maximum absolute atomic E-state index is 8.22. The van der Waals surface area contributed by atoms with Gasteiger partial charge < -0.3 is 9.68 Å². The Labute approximate surface area is 403 Å². The summed E-state index contributed by atoms with van der Waals surface area (Å²) in [4.78, 5) is 19.4. The molecule has 0 aliphatic heterocycles. The topological polar surface area (TPSA) is 81.0 Å². The molecule has 0 saturated heterocycles. The van der Waals surface area contributed by atoms with E-state index in [1.54, 1.807) is 24.3 Å². The highest BCUT2D eigenvalue weighted by Crippen LogP contribution is 2.32. The molecule has 1 radical (unpaired) electrons. The van der Waals surface area contributed by atoms with E-state index >= 15 is 0 Å². The average molecular weight is 962 g/mol. The quantitative estimate of drug-likeness (QED) is 0.145. The molecule has 0 atom stereocenters. The summed E-state index contributed by atoms with van der Waals surface area (Å²) in [5, 5.41) is 9.52. The molecule has 8 aromatic carbocycles. The van der Waals surface area contributed by atoms with Gasteiger partial charge in [0.2, 0.25) is 0 Å². The van der Waals surface area contributed by atoms with E-state index in [2.05, 4.69) is 93.4 Å². The van der Waals surface area contributed by atoms with Crippen LogP contribution in [0.3, 0.4) is 0 Å². The van der Waals surface area contributed by atoms with Gasteiger partial charge >= 0.3 is 7.69 Å². The largest absolute Gasteiger partial charge is 0.569 e. The van der Waals surface area contributed by atoms with Gasteiger partial charge in [0.1, 0.15) is 5.75 Å². The highest BCUT2D eigenvalue weighted by Gasteiger charge is 2.13. The van der Waals surface area contributed by atoms with Gasteiger partial charge in [0.15, 0.2) is 11.6 Å². The summed E-state index contributed by atoms with van der Waals surface area (Å²) >= 11 is 15.3. The van der Waals surface area contributed by atoms with Gasteiger partial charge in [-0.3, -0.25) is 0 Å². The zero-order valence-electron chi connectivity index (χ0n) is 35.3. The van der Waals surface area contributed by atoms with Gasteiger partial charge in [0, 0.05) is 47.9 Å². The molecule has 2 aromatic heterocycles. The predicted octanol–water partition coefficient (Wildman–Crippen LogP) is 15.3. The Hall–Kier alpha value is -7.20. The van der Waals surface area contributed by atoms with Crippen molar-refractivity contribution in [1.29, 1.82) is 0 Å². The Balaban J connectivity index is 0.000000151. The number of benzene rings is 8. The summed E-state index contributed by atoms with van der Waals surface area (Å²) in [7, 11) is 0.617. The lowest BCUT2D eigenvalue weighted by atomic mass is 10.0. The molecule has 0 bridgehead atoms. The lowest BCUT2D eigenvalue weighted by Gasteiger charge is -2.10. The Morgan fingerprint density at radius 3 is 1.11 bits per heavy atom. The number of hydrogen-bond donors (Lipinski definition) is 1. The summed E-state index contributed by atoms with van der Waals surface area (Å²) in [6, 6.07) is 75.9. The third-order valence-electron chi connectivity index (χ3n) is 10.1. The van der Waals surface area contributed by atoms with E-state index in [4.69, 9.17) is 48.2 Å². The highest BCUT2D eigenvalue weighted by atomic mass is 79.9. The van der Waals surface area contributed by atoms with Crippen molar-refractivity contribution in [3.05, 3.63) is 245 Å². The van der Waals surface area contributed by atoms with Gasteiger partial charge in [-0.25, -0.2) is 19.9 Å². The molecule has 0 aliphatic rings. The zero-order chi connectivity index (χ0) is 45.5. The van der Waals surface area contributed by atoms with Crippen LogP contribution in [0.25, 0.3) is 78.9 Å². The van der Waals surface area contributed by atoms with Crippen molar-refractivity contribution in [2.75, 3.05) is 0 Å². The molecule has 0 fully saturated rings. The van der Waals surface area contributed by atoms with Gasteiger partial charge in [-0.1, -0.05) is 209 Å². The summed E-state index contributed by atoms with van der Waals surface area (Å²) in [5.74, 6) is 1.94. The molecule has 0 unspecified atom stereocenters. The Morgan fingerprint density at radius 2 is 0.697 bits per heavy atom. The molecule has 10 rings (SSSR count). The third-order valence-corrected chi connectivity index (χ3v) is 11.0. The molecule has 6 nitrogen and oxygen atoms in total. The molecule has 1 N–H and O–H groups in total. The second-order valence-corrected chi connectivity index (χ2v) is 16.5. The number of aromatic nitrogens is 4. The van der Waals surface area contributed by atoms with Crippen molar-refractivity contribution in [3.8, 4) is 84.7 Å². The van der Waals surface area contributed by atoms with Crippen LogP contribution in [-0.4, -0.2) is 32.6 Å². The van der Waals surface area contributed by atoms with Crippen molar-refractivity contribution in [1.82, 2.24) is 19.9 Å². The van der Waals surface area contributed by atoms with Crippen LogP contribution >= 0.6 is 39.1 Å². The minimum absolute atomic E-state index is 0.523.